The minimum absolute atomic E-state index is 0.355. The van der Waals surface area contributed by atoms with Crippen LogP contribution in [0.5, 0.6) is 0 Å². The van der Waals surface area contributed by atoms with Gasteiger partial charge in [-0.1, -0.05) is 26.7 Å². The highest BCUT2D eigenvalue weighted by Gasteiger charge is 2.26. The van der Waals surface area contributed by atoms with Crippen molar-refractivity contribution in [3.05, 3.63) is 0 Å². The Bertz CT molecular complexity index is 167. The second-order valence-electron chi connectivity index (χ2n) is 4.31. The SMILES string of the molecule is CCCN(CCC)C(=O)C1CCCC1. The summed E-state index contributed by atoms with van der Waals surface area (Å²) in [6, 6.07) is 0. The van der Waals surface area contributed by atoms with Crippen molar-refractivity contribution in [2.45, 2.75) is 52.4 Å². The summed E-state index contributed by atoms with van der Waals surface area (Å²) >= 11 is 0. The third-order valence-corrected chi connectivity index (χ3v) is 3.00. The molecule has 0 saturated heterocycles. The van der Waals surface area contributed by atoms with Crippen molar-refractivity contribution in [3.8, 4) is 0 Å². The van der Waals surface area contributed by atoms with Gasteiger partial charge in [0.1, 0.15) is 0 Å². The van der Waals surface area contributed by atoms with E-state index >= 15 is 0 Å². The molecule has 0 aromatic carbocycles. The molecule has 82 valence electrons. The van der Waals surface area contributed by atoms with Crippen molar-refractivity contribution in [1.82, 2.24) is 4.90 Å². The molecule has 0 N–H and O–H groups in total. The molecule has 0 atom stereocenters. The number of hydrogen-bond donors (Lipinski definition) is 0. The minimum Gasteiger partial charge on any atom is -0.342 e. The Morgan fingerprint density at radius 1 is 1.14 bits per heavy atom. The van der Waals surface area contributed by atoms with Gasteiger partial charge in [0, 0.05) is 19.0 Å². The van der Waals surface area contributed by atoms with Crippen LogP contribution in [-0.2, 0) is 4.79 Å². The molecule has 0 aromatic rings. The molecule has 2 heteroatoms. The van der Waals surface area contributed by atoms with Gasteiger partial charge in [0.2, 0.25) is 5.91 Å². The molecular weight excluding hydrogens is 174 g/mol. The molecule has 1 saturated carbocycles. The zero-order chi connectivity index (χ0) is 10.4. The molecule has 14 heavy (non-hydrogen) atoms. The van der Waals surface area contributed by atoms with Crippen LogP contribution in [0.3, 0.4) is 0 Å². The third-order valence-electron chi connectivity index (χ3n) is 3.00. The smallest absolute Gasteiger partial charge is 0.225 e. The first-order valence-corrected chi connectivity index (χ1v) is 6.08. The van der Waals surface area contributed by atoms with Gasteiger partial charge in [0.25, 0.3) is 0 Å². The summed E-state index contributed by atoms with van der Waals surface area (Å²) in [4.78, 5) is 14.1. The Kier molecular flexibility index (Phi) is 4.99. The monoisotopic (exact) mass is 197 g/mol. The van der Waals surface area contributed by atoms with E-state index in [-0.39, 0.29) is 0 Å². The minimum atomic E-state index is 0.355. The average Bonchev–Trinajstić information content (AvgIpc) is 2.69. The summed E-state index contributed by atoms with van der Waals surface area (Å²) in [5, 5.41) is 0. The van der Waals surface area contributed by atoms with Crippen molar-refractivity contribution < 1.29 is 4.79 Å². The summed E-state index contributed by atoms with van der Waals surface area (Å²) in [5.74, 6) is 0.777. The lowest BCUT2D eigenvalue weighted by Gasteiger charge is -2.24. The zero-order valence-electron chi connectivity index (χ0n) is 9.59. The second kappa shape index (κ2) is 6.05. The fourth-order valence-corrected chi connectivity index (χ4v) is 2.30. The standard InChI is InChI=1S/C12H23NO/c1-3-9-13(10-4-2)12(14)11-7-5-6-8-11/h11H,3-10H2,1-2H3. The summed E-state index contributed by atoms with van der Waals surface area (Å²) in [6.45, 7) is 6.18. The van der Waals surface area contributed by atoms with E-state index in [0.29, 0.717) is 11.8 Å². The zero-order valence-corrected chi connectivity index (χ0v) is 9.59. The number of carbonyl (C=O) groups excluding carboxylic acids is 1. The third kappa shape index (κ3) is 3.00. The van der Waals surface area contributed by atoms with Gasteiger partial charge in [0.15, 0.2) is 0 Å². The molecule has 1 aliphatic carbocycles. The Balaban J connectivity index is 2.43. The van der Waals surface area contributed by atoms with Crippen LogP contribution in [0.1, 0.15) is 52.4 Å². The predicted molar refractivity (Wildman–Crippen MR) is 59.1 cm³/mol. The van der Waals surface area contributed by atoms with Crippen molar-refractivity contribution in [2.75, 3.05) is 13.1 Å². The van der Waals surface area contributed by atoms with E-state index < -0.39 is 0 Å². The van der Waals surface area contributed by atoms with Crippen LogP contribution in [0.15, 0.2) is 0 Å². The molecule has 0 spiro atoms. The van der Waals surface area contributed by atoms with E-state index in [1.54, 1.807) is 0 Å². The molecule has 0 aliphatic heterocycles. The summed E-state index contributed by atoms with van der Waals surface area (Å²) < 4.78 is 0. The van der Waals surface area contributed by atoms with E-state index in [1.165, 1.54) is 12.8 Å². The lowest BCUT2D eigenvalue weighted by Crippen LogP contribution is -2.36. The van der Waals surface area contributed by atoms with E-state index in [1.807, 2.05) is 0 Å². The molecule has 1 aliphatic rings. The summed E-state index contributed by atoms with van der Waals surface area (Å²) in [7, 11) is 0. The van der Waals surface area contributed by atoms with Gasteiger partial charge in [-0.3, -0.25) is 4.79 Å². The first-order chi connectivity index (χ1) is 6.79. The van der Waals surface area contributed by atoms with Gasteiger partial charge in [-0.25, -0.2) is 0 Å². The van der Waals surface area contributed by atoms with Crippen molar-refractivity contribution in [2.24, 2.45) is 5.92 Å². The van der Waals surface area contributed by atoms with Gasteiger partial charge in [-0.15, -0.1) is 0 Å². The van der Waals surface area contributed by atoms with Gasteiger partial charge >= 0.3 is 0 Å². The molecule has 0 aromatic heterocycles. The van der Waals surface area contributed by atoms with Crippen molar-refractivity contribution in [1.29, 1.82) is 0 Å². The fourth-order valence-electron chi connectivity index (χ4n) is 2.30. The lowest BCUT2D eigenvalue weighted by atomic mass is 10.1. The van der Waals surface area contributed by atoms with Crippen LogP contribution in [-0.4, -0.2) is 23.9 Å². The fraction of sp³-hybridized carbons (Fsp3) is 0.917. The van der Waals surface area contributed by atoms with E-state index in [9.17, 15) is 4.79 Å². The highest BCUT2D eigenvalue weighted by Crippen LogP contribution is 2.26. The lowest BCUT2D eigenvalue weighted by molar-refractivity contribution is -0.135. The number of nitrogens with zero attached hydrogens (tertiary/aromatic N) is 1. The molecule has 0 bridgehead atoms. The van der Waals surface area contributed by atoms with Crippen LogP contribution in [0, 0.1) is 5.92 Å². The second-order valence-corrected chi connectivity index (χ2v) is 4.31. The summed E-state index contributed by atoms with van der Waals surface area (Å²) in [5.41, 5.74) is 0. The largest absolute Gasteiger partial charge is 0.342 e. The maximum atomic E-state index is 12.1. The van der Waals surface area contributed by atoms with Crippen LogP contribution >= 0.6 is 0 Å². The number of amides is 1. The first kappa shape index (κ1) is 11.5. The number of carbonyl (C=O) groups is 1. The quantitative estimate of drug-likeness (QED) is 0.663. The summed E-state index contributed by atoms with van der Waals surface area (Å²) in [6.07, 6.45) is 6.92. The Morgan fingerprint density at radius 3 is 2.07 bits per heavy atom. The van der Waals surface area contributed by atoms with Crippen molar-refractivity contribution in [3.63, 3.8) is 0 Å². The average molecular weight is 197 g/mol. The van der Waals surface area contributed by atoms with Crippen LogP contribution in [0.2, 0.25) is 0 Å². The van der Waals surface area contributed by atoms with E-state index in [0.717, 1.165) is 38.8 Å². The molecule has 0 radical (unpaired) electrons. The van der Waals surface area contributed by atoms with Gasteiger partial charge in [0.05, 0.1) is 0 Å². The Morgan fingerprint density at radius 2 is 1.64 bits per heavy atom. The number of rotatable bonds is 5. The molecule has 1 fully saturated rings. The topological polar surface area (TPSA) is 20.3 Å². The van der Waals surface area contributed by atoms with Gasteiger partial charge < -0.3 is 4.90 Å². The van der Waals surface area contributed by atoms with E-state index in [2.05, 4.69) is 18.7 Å². The predicted octanol–water partition coefficient (Wildman–Crippen LogP) is 2.83. The van der Waals surface area contributed by atoms with Crippen molar-refractivity contribution >= 4 is 5.91 Å². The maximum Gasteiger partial charge on any atom is 0.225 e. The highest BCUT2D eigenvalue weighted by atomic mass is 16.2. The molecule has 2 nitrogen and oxygen atoms in total. The maximum absolute atomic E-state index is 12.1. The molecule has 1 amide bonds. The number of hydrogen-bond acceptors (Lipinski definition) is 1. The van der Waals surface area contributed by atoms with Crippen LogP contribution in [0.25, 0.3) is 0 Å². The molecule has 0 unspecified atom stereocenters. The first-order valence-electron chi connectivity index (χ1n) is 6.08. The van der Waals surface area contributed by atoms with Gasteiger partial charge in [-0.05, 0) is 25.7 Å². The Labute approximate surface area is 87.7 Å². The van der Waals surface area contributed by atoms with E-state index in [4.69, 9.17) is 0 Å². The highest BCUT2D eigenvalue weighted by molar-refractivity contribution is 5.79. The Hall–Kier alpha value is -0.530. The van der Waals surface area contributed by atoms with Crippen LogP contribution < -0.4 is 0 Å². The normalized spacial score (nSPS) is 17.3. The molecule has 0 heterocycles. The molecule has 1 rings (SSSR count). The molecular formula is C12H23NO. The van der Waals surface area contributed by atoms with Gasteiger partial charge in [-0.2, -0.15) is 0 Å². The van der Waals surface area contributed by atoms with Crippen LogP contribution in [0.4, 0.5) is 0 Å².